The summed E-state index contributed by atoms with van der Waals surface area (Å²) in [7, 11) is 1.61. The number of nitrogens with zero attached hydrogens (tertiary/aromatic N) is 1. The van der Waals surface area contributed by atoms with Crippen LogP contribution in [0.15, 0.2) is 6.20 Å². The molecule has 1 saturated carbocycles. The van der Waals surface area contributed by atoms with Gasteiger partial charge in [0.25, 0.3) is 5.66 Å². The Hall–Kier alpha value is -1.84. The third-order valence-corrected chi connectivity index (χ3v) is 9.29. The van der Waals surface area contributed by atoms with Crippen molar-refractivity contribution >= 4 is 20.9 Å². The van der Waals surface area contributed by atoms with E-state index in [1.807, 2.05) is 55.4 Å². The van der Waals surface area contributed by atoms with Gasteiger partial charge < -0.3 is 21.4 Å². The molecule has 6 nitrogen and oxygen atoms in total. The van der Waals surface area contributed by atoms with Crippen LogP contribution in [0.3, 0.4) is 0 Å². The zero-order chi connectivity index (χ0) is 42.4. The quantitative estimate of drug-likeness (QED) is 0.0967. The Kier molecular flexibility index (Phi) is 48.2. The zero-order valence-corrected chi connectivity index (χ0v) is 38.4. The highest BCUT2D eigenvalue weighted by atomic mass is 31.0. The Morgan fingerprint density at radius 1 is 1.02 bits per heavy atom. The van der Waals surface area contributed by atoms with Gasteiger partial charge in [-0.3, -0.25) is 4.79 Å². The van der Waals surface area contributed by atoms with Gasteiger partial charge >= 0.3 is 0 Å². The fourth-order valence-electron chi connectivity index (χ4n) is 4.34. The zero-order valence-electron chi connectivity index (χ0n) is 37.3. The van der Waals surface area contributed by atoms with Crippen molar-refractivity contribution in [1.82, 2.24) is 15.3 Å². The lowest BCUT2D eigenvalue weighted by molar-refractivity contribution is -0.122. The molecule has 5 N–H and O–H groups in total. The molecule has 1 aliphatic carbocycles. The number of unbranched alkanes of at least 4 members (excludes halogenated alkanes) is 1. The van der Waals surface area contributed by atoms with E-state index >= 15 is 0 Å². The van der Waals surface area contributed by atoms with Gasteiger partial charge in [-0.15, -0.1) is 12.8 Å². The number of terminal acetylenes is 1. The van der Waals surface area contributed by atoms with Crippen molar-refractivity contribution in [2.24, 2.45) is 22.5 Å². The number of piperidine rings is 1. The second-order valence-corrected chi connectivity index (χ2v) is 14.2. The number of amides is 1. The molecule has 3 atom stereocenters. The fourth-order valence-corrected chi connectivity index (χ4v) is 4.48. The predicted molar refractivity (Wildman–Crippen MR) is 234 cm³/mol. The predicted octanol–water partition coefficient (Wildman–Crippen LogP) is 13.9. The summed E-state index contributed by atoms with van der Waals surface area (Å²) in [6.07, 6.45) is 25.8. The van der Waals surface area contributed by atoms with Crippen LogP contribution >= 0.6 is 9.24 Å². The number of hydrogen-bond donors (Lipinski definition) is 4. The maximum absolute atomic E-state index is 13.3. The Morgan fingerprint density at radius 2 is 1.50 bits per heavy atom. The smallest absolute Gasteiger partial charge is 0.263 e. The molecule has 2 heterocycles. The number of alkyl halides is 2. The summed E-state index contributed by atoms with van der Waals surface area (Å²) in [5, 5.41) is 9.49. The van der Waals surface area contributed by atoms with Crippen molar-refractivity contribution in [1.29, 1.82) is 5.41 Å². The summed E-state index contributed by atoms with van der Waals surface area (Å²) in [6.45, 7) is 33.0. The first-order chi connectivity index (χ1) is 24.4. The van der Waals surface area contributed by atoms with Crippen LogP contribution in [-0.4, -0.2) is 33.8 Å². The molecule has 1 aromatic heterocycles. The third-order valence-electron chi connectivity index (χ3n) is 8.50. The van der Waals surface area contributed by atoms with Gasteiger partial charge in [0.2, 0.25) is 5.91 Å². The molecular weight excluding hydrogens is 671 g/mol. The highest BCUT2D eigenvalue weighted by Crippen LogP contribution is 2.54. The molecular formula is C43H90F2N5OP. The van der Waals surface area contributed by atoms with E-state index in [1.165, 1.54) is 51.4 Å². The standard InChI is InChI=1S/C11H20F2N3P.C11H22.C5H9NO.C4H9N.C4H10.3C2H6.C2H2/c1-7-15-6-9(16-7)8(14)4-5-10(2,3)11(12,13)17;1-4-6-11(7-8-11)9-10(3)5-2;7-5-3-1-2-4-6-5;1-3-4(2)5;1-3-4-2;4*1-2/h6,8H,4-5,14,17H2,1-3H3,(H,15,16);10H,4-9H2,1-3H3;1-4H2,(H,6,7);5H,3H2,1-2H3;3-4H2,1-2H3;3*1-2H3;1-2H/t;10-;;;;;;;/m.1......./s1. The monoisotopic (exact) mass is 762 g/mol. The van der Waals surface area contributed by atoms with Crippen LogP contribution in [0.2, 0.25) is 0 Å². The van der Waals surface area contributed by atoms with Crippen molar-refractivity contribution in [3.8, 4) is 12.8 Å². The van der Waals surface area contributed by atoms with Gasteiger partial charge in [-0.2, -0.15) is 0 Å². The van der Waals surface area contributed by atoms with Crippen molar-refractivity contribution in [3.63, 3.8) is 0 Å². The van der Waals surface area contributed by atoms with Crippen LogP contribution in [-0.2, 0) is 4.79 Å². The molecule has 0 bridgehead atoms. The molecule has 0 spiro atoms. The average Bonchev–Trinajstić information content (AvgIpc) is 3.76. The molecule has 2 aliphatic rings. The lowest BCUT2D eigenvalue weighted by atomic mass is 9.86. The average molecular weight is 762 g/mol. The number of aromatic amines is 1. The number of H-pyrrole nitrogens is 1. The summed E-state index contributed by atoms with van der Waals surface area (Å²) >= 11 is 0. The van der Waals surface area contributed by atoms with Gasteiger partial charge in [0.05, 0.1) is 5.69 Å². The van der Waals surface area contributed by atoms with Gasteiger partial charge in [-0.1, -0.05) is 132 Å². The topological polar surface area (TPSA) is 108 Å². The number of halogens is 2. The van der Waals surface area contributed by atoms with E-state index in [0.29, 0.717) is 12.8 Å². The first-order valence-corrected chi connectivity index (χ1v) is 21.1. The molecule has 9 heteroatoms. The first-order valence-electron chi connectivity index (χ1n) is 20.5. The van der Waals surface area contributed by atoms with Gasteiger partial charge in [0.1, 0.15) is 5.82 Å². The van der Waals surface area contributed by atoms with E-state index in [4.69, 9.17) is 11.1 Å². The number of nitrogens with one attached hydrogen (secondary N) is 3. The van der Waals surface area contributed by atoms with Crippen molar-refractivity contribution in [3.05, 3.63) is 17.7 Å². The highest BCUT2D eigenvalue weighted by molar-refractivity contribution is 7.18. The molecule has 0 aromatic carbocycles. The number of nitrogens with two attached hydrogens (primary N) is 1. The summed E-state index contributed by atoms with van der Waals surface area (Å²) < 4.78 is 26.5. The maximum atomic E-state index is 13.3. The molecule has 3 rings (SSSR count). The Bertz CT molecular complexity index is 914. The van der Waals surface area contributed by atoms with Gasteiger partial charge in [0, 0.05) is 36.3 Å². The summed E-state index contributed by atoms with van der Waals surface area (Å²) in [5.41, 5.74) is 4.45. The molecule has 312 valence electrons. The number of carbonyl (C=O) groups is 1. The van der Waals surface area contributed by atoms with Gasteiger partial charge in [-0.25, -0.2) is 13.8 Å². The molecule has 1 saturated heterocycles. The minimum absolute atomic E-state index is 0.214. The number of aryl methyl sites for hydroxylation is 1. The van der Waals surface area contributed by atoms with E-state index in [-0.39, 0.29) is 11.9 Å². The minimum atomic E-state index is -2.78. The SMILES string of the molecule is C#C.CC.CC.CC.CCC(C)=N.CCCC.CCCC1(C[C@H](C)CC)CC1.Cc1ncc(C(N)CCC(C)(C)C(F)(F)P)[nH]1.O=C1CCCCN1. The largest absolute Gasteiger partial charge is 0.356 e. The van der Waals surface area contributed by atoms with E-state index in [2.05, 4.69) is 62.8 Å². The van der Waals surface area contributed by atoms with E-state index in [0.717, 1.165) is 60.8 Å². The molecule has 52 heavy (non-hydrogen) atoms. The van der Waals surface area contributed by atoms with Crippen molar-refractivity contribution in [2.75, 3.05) is 6.54 Å². The van der Waals surface area contributed by atoms with Crippen LogP contribution in [0.4, 0.5) is 8.78 Å². The van der Waals surface area contributed by atoms with E-state index in [1.54, 1.807) is 36.2 Å². The highest BCUT2D eigenvalue weighted by Gasteiger charge is 2.42. The fraction of sp³-hybridized carbons (Fsp3) is 0.837. The lowest BCUT2D eigenvalue weighted by Gasteiger charge is -2.31. The molecule has 2 fully saturated rings. The van der Waals surface area contributed by atoms with Crippen LogP contribution < -0.4 is 11.1 Å². The van der Waals surface area contributed by atoms with Crippen molar-refractivity contribution < 1.29 is 13.6 Å². The number of hydrogen-bond acceptors (Lipinski definition) is 4. The van der Waals surface area contributed by atoms with Gasteiger partial charge in [0.15, 0.2) is 0 Å². The normalized spacial score (nSPS) is 14.4. The van der Waals surface area contributed by atoms with Crippen LogP contribution in [0.25, 0.3) is 0 Å². The molecule has 2 unspecified atom stereocenters. The van der Waals surface area contributed by atoms with Crippen LogP contribution in [0, 0.1) is 41.9 Å². The second kappa shape index (κ2) is 40.3. The minimum Gasteiger partial charge on any atom is -0.356 e. The molecule has 1 aromatic rings. The number of aromatic nitrogens is 2. The van der Waals surface area contributed by atoms with Crippen LogP contribution in [0.5, 0.6) is 0 Å². The molecule has 1 amide bonds. The number of rotatable bonds is 12. The second-order valence-electron chi connectivity index (χ2n) is 13.5. The van der Waals surface area contributed by atoms with Crippen LogP contribution in [0.1, 0.15) is 211 Å². The molecule has 1 aliphatic heterocycles. The Balaban J connectivity index is -0.000000131. The third kappa shape index (κ3) is 37.9. The summed E-state index contributed by atoms with van der Waals surface area (Å²) in [4.78, 5) is 17.4. The number of imidazole rings is 1. The van der Waals surface area contributed by atoms with Gasteiger partial charge in [-0.05, 0) is 83.0 Å². The first kappa shape index (κ1) is 62.2. The number of carbonyl (C=O) groups excluding carboxylic acids is 1. The summed E-state index contributed by atoms with van der Waals surface area (Å²) in [5.74, 6) is 1.96. The van der Waals surface area contributed by atoms with Crippen molar-refractivity contribution in [2.45, 2.75) is 212 Å². The Labute approximate surface area is 326 Å². The lowest BCUT2D eigenvalue weighted by Crippen LogP contribution is -2.31. The Morgan fingerprint density at radius 3 is 1.75 bits per heavy atom. The summed E-state index contributed by atoms with van der Waals surface area (Å²) in [6, 6.07) is -0.275. The maximum Gasteiger partial charge on any atom is 0.263 e. The van der Waals surface area contributed by atoms with E-state index in [9.17, 15) is 13.6 Å². The molecule has 0 radical (unpaired) electrons. The van der Waals surface area contributed by atoms with E-state index < -0.39 is 11.1 Å².